The second-order valence-corrected chi connectivity index (χ2v) is 5.65. The molecule has 0 radical (unpaired) electrons. The van der Waals surface area contributed by atoms with Crippen LogP contribution in [-0.2, 0) is 13.0 Å². The summed E-state index contributed by atoms with van der Waals surface area (Å²) in [6.07, 6.45) is 0.989. The van der Waals surface area contributed by atoms with Gasteiger partial charge in [-0.25, -0.2) is 9.59 Å². The van der Waals surface area contributed by atoms with Crippen LogP contribution in [0.25, 0.3) is 0 Å². The highest BCUT2D eigenvalue weighted by molar-refractivity contribution is 5.87. The van der Waals surface area contributed by atoms with Crippen molar-refractivity contribution in [1.82, 2.24) is 10.6 Å². The van der Waals surface area contributed by atoms with Gasteiger partial charge < -0.3 is 15.7 Å². The summed E-state index contributed by atoms with van der Waals surface area (Å²) in [6.45, 7) is 4.38. The number of rotatable bonds is 6. The third-order valence-corrected chi connectivity index (χ3v) is 3.89. The standard InChI is InChI=1S/C19H22N2O3/c1-3-14-4-8-16(9-5-14)13(2)21-19(24)20-12-15-6-10-17(11-7-15)18(22)23/h4-11,13H,3,12H2,1-2H3,(H,22,23)(H2,20,21,24). The molecule has 24 heavy (non-hydrogen) atoms. The van der Waals surface area contributed by atoms with Crippen molar-refractivity contribution in [3.05, 3.63) is 70.8 Å². The summed E-state index contributed by atoms with van der Waals surface area (Å²) in [5, 5.41) is 14.5. The van der Waals surface area contributed by atoms with Crippen LogP contribution >= 0.6 is 0 Å². The molecule has 0 aliphatic carbocycles. The lowest BCUT2D eigenvalue weighted by Gasteiger charge is -2.15. The van der Waals surface area contributed by atoms with Crippen molar-refractivity contribution in [2.24, 2.45) is 0 Å². The van der Waals surface area contributed by atoms with E-state index in [2.05, 4.69) is 29.7 Å². The number of aryl methyl sites for hydroxylation is 1. The molecule has 0 aromatic heterocycles. The number of nitrogens with one attached hydrogen (secondary N) is 2. The van der Waals surface area contributed by atoms with Gasteiger partial charge in [0.25, 0.3) is 0 Å². The number of urea groups is 1. The van der Waals surface area contributed by atoms with E-state index >= 15 is 0 Å². The van der Waals surface area contributed by atoms with Gasteiger partial charge in [0.1, 0.15) is 0 Å². The van der Waals surface area contributed by atoms with Crippen molar-refractivity contribution in [1.29, 1.82) is 0 Å². The molecule has 3 N–H and O–H groups in total. The Bertz CT molecular complexity index is 694. The van der Waals surface area contributed by atoms with Gasteiger partial charge >= 0.3 is 12.0 Å². The average Bonchev–Trinajstić information content (AvgIpc) is 2.60. The van der Waals surface area contributed by atoms with E-state index in [1.165, 1.54) is 17.7 Å². The quantitative estimate of drug-likeness (QED) is 0.760. The third kappa shape index (κ3) is 4.84. The van der Waals surface area contributed by atoms with Crippen molar-refractivity contribution < 1.29 is 14.7 Å². The van der Waals surface area contributed by atoms with E-state index in [-0.39, 0.29) is 17.6 Å². The van der Waals surface area contributed by atoms with E-state index in [4.69, 9.17) is 5.11 Å². The fourth-order valence-electron chi connectivity index (χ4n) is 2.32. The highest BCUT2D eigenvalue weighted by Crippen LogP contribution is 2.13. The van der Waals surface area contributed by atoms with Gasteiger partial charge in [-0.1, -0.05) is 43.3 Å². The molecule has 0 aliphatic heterocycles. The zero-order valence-corrected chi connectivity index (χ0v) is 13.9. The zero-order valence-electron chi connectivity index (χ0n) is 13.9. The predicted molar refractivity (Wildman–Crippen MR) is 93.0 cm³/mol. The van der Waals surface area contributed by atoms with Gasteiger partial charge in [0, 0.05) is 6.54 Å². The first-order valence-electron chi connectivity index (χ1n) is 7.95. The Morgan fingerprint density at radius 3 is 2.12 bits per heavy atom. The van der Waals surface area contributed by atoms with E-state index < -0.39 is 5.97 Å². The monoisotopic (exact) mass is 326 g/mol. The second kappa shape index (κ2) is 8.15. The van der Waals surface area contributed by atoms with Gasteiger partial charge in [-0.15, -0.1) is 0 Å². The van der Waals surface area contributed by atoms with Crippen LogP contribution in [0, 0.1) is 0 Å². The Morgan fingerprint density at radius 1 is 1.00 bits per heavy atom. The number of aromatic carboxylic acids is 1. The van der Waals surface area contributed by atoms with Crippen LogP contribution in [0.4, 0.5) is 4.79 Å². The van der Waals surface area contributed by atoms with Crippen LogP contribution < -0.4 is 10.6 Å². The van der Waals surface area contributed by atoms with Gasteiger partial charge in [-0.3, -0.25) is 0 Å². The largest absolute Gasteiger partial charge is 0.478 e. The minimum atomic E-state index is -0.963. The molecular weight excluding hydrogens is 304 g/mol. The number of carbonyl (C=O) groups excluding carboxylic acids is 1. The summed E-state index contributed by atoms with van der Waals surface area (Å²) in [7, 11) is 0. The Kier molecular flexibility index (Phi) is 5.95. The van der Waals surface area contributed by atoms with Crippen LogP contribution in [0.2, 0.25) is 0 Å². The normalized spacial score (nSPS) is 11.6. The van der Waals surface area contributed by atoms with Crippen LogP contribution in [-0.4, -0.2) is 17.1 Å². The number of amides is 2. The maximum atomic E-state index is 12.0. The first kappa shape index (κ1) is 17.5. The molecule has 0 spiro atoms. The Balaban J connectivity index is 1.84. The average molecular weight is 326 g/mol. The number of benzene rings is 2. The summed E-state index contributed by atoms with van der Waals surface area (Å²) in [5.41, 5.74) is 3.39. The van der Waals surface area contributed by atoms with Gasteiger partial charge in [0.15, 0.2) is 0 Å². The lowest BCUT2D eigenvalue weighted by molar-refractivity contribution is 0.0697. The highest BCUT2D eigenvalue weighted by atomic mass is 16.4. The van der Waals surface area contributed by atoms with E-state index in [1.807, 2.05) is 19.1 Å². The molecule has 2 aromatic carbocycles. The van der Waals surface area contributed by atoms with Gasteiger partial charge in [0.05, 0.1) is 11.6 Å². The number of carboxylic acid groups (broad SMARTS) is 1. The smallest absolute Gasteiger partial charge is 0.335 e. The minimum Gasteiger partial charge on any atom is -0.478 e. The summed E-state index contributed by atoms with van der Waals surface area (Å²) in [5.74, 6) is -0.963. The fourth-order valence-corrected chi connectivity index (χ4v) is 2.32. The first-order chi connectivity index (χ1) is 11.5. The van der Waals surface area contributed by atoms with Crippen LogP contribution in [0.15, 0.2) is 48.5 Å². The summed E-state index contributed by atoms with van der Waals surface area (Å²) >= 11 is 0. The van der Waals surface area contributed by atoms with Crippen LogP contribution in [0.5, 0.6) is 0 Å². The first-order valence-corrected chi connectivity index (χ1v) is 7.95. The van der Waals surface area contributed by atoms with E-state index in [0.717, 1.165) is 17.5 Å². The van der Waals surface area contributed by atoms with E-state index in [0.29, 0.717) is 6.54 Å². The van der Waals surface area contributed by atoms with E-state index in [1.54, 1.807) is 12.1 Å². The molecule has 0 bridgehead atoms. The van der Waals surface area contributed by atoms with Crippen molar-refractivity contribution >= 4 is 12.0 Å². The van der Waals surface area contributed by atoms with Gasteiger partial charge in [0.2, 0.25) is 0 Å². The molecule has 5 nitrogen and oxygen atoms in total. The molecular formula is C19H22N2O3. The molecule has 0 saturated carbocycles. The molecule has 2 aromatic rings. The molecule has 2 amide bonds. The maximum Gasteiger partial charge on any atom is 0.335 e. The lowest BCUT2D eigenvalue weighted by Crippen LogP contribution is -2.36. The highest BCUT2D eigenvalue weighted by Gasteiger charge is 2.09. The van der Waals surface area contributed by atoms with Gasteiger partial charge in [-0.2, -0.15) is 0 Å². The molecule has 0 aliphatic rings. The zero-order chi connectivity index (χ0) is 17.5. The fraction of sp³-hybridized carbons (Fsp3) is 0.263. The number of hydrogen-bond acceptors (Lipinski definition) is 2. The summed E-state index contributed by atoms with van der Waals surface area (Å²) < 4.78 is 0. The Morgan fingerprint density at radius 2 is 1.58 bits per heavy atom. The van der Waals surface area contributed by atoms with Crippen LogP contribution in [0.3, 0.4) is 0 Å². The molecule has 2 rings (SSSR count). The minimum absolute atomic E-state index is 0.0923. The molecule has 1 atom stereocenters. The molecule has 1 unspecified atom stereocenters. The van der Waals surface area contributed by atoms with Crippen molar-refractivity contribution in [3.63, 3.8) is 0 Å². The van der Waals surface area contributed by atoms with Crippen molar-refractivity contribution in [2.75, 3.05) is 0 Å². The number of carboxylic acids is 1. The molecule has 126 valence electrons. The molecule has 0 heterocycles. The van der Waals surface area contributed by atoms with Crippen molar-refractivity contribution in [2.45, 2.75) is 32.9 Å². The molecule has 0 saturated heterocycles. The predicted octanol–water partition coefficient (Wildman–Crippen LogP) is 3.51. The number of carbonyl (C=O) groups is 2. The third-order valence-electron chi connectivity index (χ3n) is 3.89. The Hall–Kier alpha value is -2.82. The SMILES string of the molecule is CCc1ccc(C(C)NC(=O)NCc2ccc(C(=O)O)cc2)cc1. The molecule has 5 heteroatoms. The van der Waals surface area contributed by atoms with Gasteiger partial charge in [-0.05, 0) is 42.2 Å². The van der Waals surface area contributed by atoms with Crippen molar-refractivity contribution in [3.8, 4) is 0 Å². The number of hydrogen-bond donors (Lipinski definition) is 3. The molecule has 0 fully saturated rings. The summed E-state index contributed by atoms with van der Waals surface area (Å²) in [6, 6.07) is 14.3. The second-order valence-electron chi connectivity index (χ2n) is 5.65. The topological polar surface area (TPSA) is 78.4 Å². The lowest BCUT2D eigenvalue weighted by atomic mass is 10.1. The van der Waals surface area contributed by atoms with Crippen LogP contribution in [0.1, 0.15) is 46.9 Å². The maximum absolute atomic E-state index is 12.0. The Labute approximate surface area is 141 Å². The summed E-state index contributed by atoms with van der Waals surface area (Å²) in [4.78, 5) is 22.8. The van der Waals surface area contributed by atoms with E-state index in [9.17, 15) is 9.59 Å².